The number of hydrogen-bond acceptors (Lipinski definition) is 6. The van der Waals surface area contributed by atoms with Gasteiger partial charge in [0.05, 0.1) is 0 Å². The molecule has 1 unspecified atom stereocenters. The van der Waals surface area contributed by atoms with Crippen LogP contribution in [-0.4, -0.2) is 37.2 Å². The molecular formula is C76H134O6. The Hall–Kier alpha value is -3.41. The van der Waals surface area contributed by atoms with Crippen LogP contribution in [0, 0.1) is 0 Å². The molecule has 474 valence electrons. The van der Waals surface area contributed by atoms with E-state index in [9.17, 15) is 14.4 Å². The van der Waals surface area contributed by atoms with Crippen molar-refractivity contribution >= 4 is 17.9 Å². The van der Waals surface area contributed by atoms with Crippen LogP contribution in [0.2, 0.25) is 0 Å². The average molecular weight is 1140 g/mol. The van der Waals surface area contributed by atoms with Crippen LogP contribution in [0.1, 0.15) is 361 Å². The zero-order chi connectivity index (χ0) is 59.2. The van der Waals surface area contributed by atoms with E-state index in [1.807, 2.05) is 0 Å². The van der Waals surface area contributed by atoms with Gasteiger partial charge in [0.25, 0.3) is 0 Å². The van der Waals surface area contributed by atoms with Crippen LogP contribution in [0.25, 0.3) is 0 Å². The van der Waals surface area contributed by atoms with Crippen LogP contribution in [0.15, 0.2) is 85.1 Å². The molecule has 0 spiro atoms. The summed E-state index contributed by atoms with van der Waals surface area (Å²) < 4.78 is 17.0. The number of carbonyl (C=O) groups is 3. The Morgan fingerprint density at radius 2 is 0.439 bits per heavy atom. The molecule has 0 aromatic carbocycles. The molecule has 0 aliphatic heterocycles. The van der Waals surface area contributed by atoms with Crippen molar-refractivity contribution in [3.8, 4) is 0 Å². The molecule has 6 heteroatoms. The summed E-state index contributed by atoms with van der Waals surface area (Å²) in [5, 5.41) is 0. The van der Waals surface area contributed by atoms with Gasteiger partial charge in [-0.3, -0.25) is 14.4 Å². The van der Waals surface area contributed by atoms with Crippen molar-refractivity contribution in [3.05, 3.63) is 85.1 Å². The highest BCUT2D eigenvalue weighted by molar-refractivity contribution is 5.71. The van der Waals surface area contributed by atoms with Crippen LogP contribution in [0.3, 0.4) is 0 Å². The van der Waals surface area contributed by atoms with Gasteiger partial charge in [-0.1, -0.05) is 305 Å². The topological polar surface area (TPSA) is 78.9 Å². The molecule has 0 rings (SSSR count). The largest absolute Gasteiger partial charge is 0.462 e. The van der Waals surface area contributed by atoms with Crippen molar-refractivity contribution in [2.45, 2.75) is 367 Å². The third-order valence-electron chi connectivity index (χ3n) is 15.6. The highest BCUT2D eigenvalue weighted by Gasteiger charge is 2.19. The third-order valence-corrected chi connectivity index (χ3v) is 15.6. The Bertz CT molecular complexity index is 1550. The van der Waals surface area contributed by atoms with Crippen LogP contribution in [0.5, 0.6) is 0 Å². The Morgan fingerprint density at radius 1 is 0.244 bits per heavy atom. The monoisotopic (exact) mass is 1140 g/mol. The zero-order valence-electron chi connectivity index (χ0n) is 54.5. The molecule has 0 bridgehead atoms. The maximum atomic E-state index is 12.9. The third kappa shape index (κ3) is 67.4. The molecule has 0 saturated heterocycles. The van der Waals surface area contributed by atoms with Crippen molar-refractivity contribution in [1.29, 1.82) is 0 Å². The number of rotatable bonds is 65. The summed E-state index contributed by atoms with van der Waals surface area (Å²) in [5.41, 5.74) is 0. The second kappa shape index (κ2) is 70.1. The van der Waals surface area contributed by atoms with Gasteiger partial charge in [0.1, 0.15) is 13.2 Å². The lowest BCUT2D eigenvalue weighted by Gasteiger charge is -2.18. The van der Waals surface area contributed by atoms with E-state index in [-0.39, 0.29) is 31.1 Å². The lowest BCUT2D eigenvalue weighted by molar-refractivity contribution is -0.167. The van der Waals surface area contributed by atoms with Gasteiger partial charge in [-0.15, -0.1) is 0 Å². The fourth-order valence-corrected chi connectivity index (χ4v) is 10.2. The molecule has 1 atom stereocenters. The predicted molar refractivity (Wildman–Crippen MR) is 358 cm³/mol. The van der Waals surface area contributed by atoms with Crippen molar-refractivity contribution in [2.24, 2.45) is 0 Å². The molecule has 0 radical (unpaired) electrons. The van der Waals surface area contributed by atoms with E-state index in [4.69, 9.17) is 14.2 Å². The number of ether oxygens (including phenoxy) is 3. The molecule has 0 aromatic rings. The number of unbranched alkanes of at least 4 members (excludes halogenated alkanes) is 40. The van der Waals surface area contributed by atoms with E-state index >= 15 is 0 Å². The Kier molecular flexibility index (Phi) is 67.2. The van der Waals surface area contributed by atoms with Gasteiger partial charge in [-0.05, 0) is 122 Å². The average Bonchev–Trinajstić information content (AvgIpc) is 3.47. The maximum Gasteiger partial charge on any atom is 0.306 e. The highest BCUT2D eigenvalue weighted by atomic mass is 16.6. The lowest BCUT2D eigenvalue weighted by Crippen LogP contribution is -2.30. The molecule has 0 fully saturated rings. The first kappa shape index (κ1) is 78.6. The van der Waals surface area contributed by atoms with Crippen LogP contribution in [0.4, 0.5) is 0 Å². The van der Waals surface area contributed by atoms with Crippen molar-refractivity contribution in [2.75, 3.05) is 13.2 Å². The molecule has 0 N–H and O–H groups in total. The number of hydrogen-bond donors (Lipinski definition) is 0. The molecule has 0 heterocycles. The molecule has 82 heavy (non-hydrogen) atoms. The molecule has 0 aromatic heterocycles. The van der Waals surface area contributed by atoms with Crippen molar-refractivity contribution in [1.82, 2.24) is 0 Å². The van der Waals surface area contributed by atoms with Gasteiger partial charge in [-0.25, -0.2) is 0 Å². The second-order valence-electron chi connectivity index (χ2n) is 23.8. The molecule has 6 nitrogen and oxygen atoms in total. The molecule has 0 saturated carbocycles. The summed E-state index contributed by atoms with van der Waals surface area (Å²) in [6, 6.07) is 0. The van der Waals surface area contributed by atoms with Crippen molar-refractivity contribution < 1.29 is 28.6 Å². The van der Waals surface area contributed by atoms with Gasteiger partial charge in [-0.2, -0.15) is 0 Å². The van der Waals surface area contributed by atoms with Gasteiger partial charge < -0.3 is 14.2 Å². The van der Waals surface area contributed by atoms with Crippen LogP contribution >= 0.6 is 0 Å². The summed E-state index contributed by atoms with van der Waals surface area (Å²) >= 11 is 0. The van der Waals surface area contributed by atoms with Crippen LogP contribution in [-0.2, 0) is 28.6 Å². The van der Waals surface area contributed by atoms with E-state index in [0.29, 0.717) is 19.3 Å². The van der Waals surface area contributed by atoms with Gasteiger partial charge >= 0.3 is 17.9 Å². The van der Waals surface area contributed by atoms with E-state index in [0.717, 1.165) is 103 Å². The molecule has 0 aliphatic rings. The normalized spacial score (nSPS) is 12.6. The van der Waals surface area contributed by atoms with Gasteiger partial charge in [0.2, 0.25) is 0 Å². The minimum absolute atomic E-state index is 0.0821. The first-order valence-corrected chi connectivity index (χ1v) is 35.6. The Balaban J connectivity index is 4.25. The van der Waals surface area contributed by atoms with Crippen LogP contribution < -0.4 is 0 Å². The molecule has 0 aliphatic carbocycles. The number of carbonyl (C=O) groups excluding carboxylic acids is 3. The fraction of sp³-hybridized carbons (Fsp3) is 0.776. The number of esters is 3. The first-order valence-electron chi connectivity index (χ1n) is 35.6. The summed E-state index contributed by atoms with van der Waals surface area (Å²) in [5.74, 6) is -0.887. The minimum Gasteiger partial charge on any atom is -0.462 e. The highest BCUT2D eigenvalue weighted by Crippen LogP contribution is 2.17. The first-order chi connectivity index (χ1) is 40.5. The Labute approximate surface area is 509 Å². The van der Waals surface area contributed by atoms with Crippen molar-refractivity contribution in [3.63, 3.8) is 0 Å². The lowest BCUT2D eigenvalue weighted by atomic mass is 10.0. The summed E-state index contributed by atoms with van der Waals surface area (Å²) in [4.78, 5) is 38.4. The second-order valence-corrected chi connectivity index (χ2v) is 23.8. The van der Waals surface area contributed by atoms with E-state index in [2.05, 4.69) is 106 Å². The summed E-state index contributed by atoms with van der Waals surface area (Å²) in [7, 11) is 0. The fourth-order valence-electron chi connectivity index (χ4n) is 10.2. The number of allylic oxidation sites excluding steroid dienone is 14. The van der Waals surface area contributed by atoms with E-state index in [1.54, 1.807) is 0 Å². The van der Waals surface area contributed by atoms with E-state index < -0.39 is 6.10 Å². The Morgan fingerprint density at radius 3 is 0.720 bits per heavy atom. The van der Waals surface area contributed by atoms with E-state index in [1.165, 1.54) is 218 Å². The predicted octanol–water partition coefficient (Wildman–Crippen LogP) is 24.6. The van der Waals surface area contributed by atoms with Gasteiger partial charge in [0, 0.05) is 19.3 Å². The maximum absolute atomic E-state index is 12.9. The quantitative estimate of drug-likeness (QED) is 0.0261. The smallest absolute Gasteiger partial charge is 0.306 e. The summed E-state index contributed by atoms with van der Waals surface area (Å²) in [6.45, 7) is 6.62. The molecular weight excluding hydrogens is 1010 g/mol. The summed E-state index contributed by atoms with van der Waals surface area (Å²) in [6.07, 6.45) is 93.2. The minimum atomic E-state index is -0.788. The molecule has 0 amide bonds. The SMILES string of the molecule is CCCCC/C=C\C/C=C\C/C=C\CCCCCCCCC(=O)OC(COC(=O)CCCCCCC/C=C\CCCCCCC)COC(=O)CCCCCCCCCCCCCCCCCC/C=C\C/C=C\C/C=C\CCCCCCC. The van der Waals surface area contributed by atoms with Gasteiger partial charge in [0.15, 0.2) is 6.10 Å². The zero-order valence-corrected chi connectivity index (χ0v) is 54.5. The standard InChI is InChI=1S/C76H134O6/c1-4-7-10-13-16-19-22-25-28-30-32-33-34-35-36-37-38-39-40-41-42-43-45-46-48-51-54-57-60-63-66-69-75(78)81-72-73(71-80-74(77)68-65-62-59-56-53-50-27-24-21-18-15-12-9-6-3)82-76(79)70-67-64-61-58-55-52-49-47-44-31-29-26-23-20-17-14-11-8-5-2/h17,20,22,24-27,29-30,32,34-35,44,47,73H,4-16,18-19,21,23,28,31,33,36-43,45-46,48-72H2,1-3H3/b20-17-,25-22-,27-24-,29-26-,32-30-,35-34-,47-44-.